The lowest BCUT2D eigenvalue weighted by Crippen LogP contribution is -1.95. The summed E-state index contributed by atoms with van der Waals surface area (Å²) >= 11 is 1.75. The van der Waals surface area contributed by atoms with Crippen LogP contribution in [0.5, 0.6) is 0 Å². The van der Waals surface area contributed by atoms with Gasteiger partial charge in [-0.15, -0.1) is 0 Å². The summed E-state index contributed by atoms with van der Waals surface area (Å²) < 4.78 is 5.24. The number of hydrogen-bond donors (Lipinski definition) is 0. The predicted molar refractivity (Wildman–Crippen MR) is 66.5 cm³/mol. The van der Waals surface area contributed by atoms with Crippen LogP contribution in [-0.2, 0) is 5.75 Å². The summed E-state index contributed by atoms with van der Waals surface area (Å²) in [7, 11) is 0. The quantitative estimate of drug-likeness (QED) is 0.726. The molecule has 0 aliphatic heterocycles. The van der Waals surface area contributed by atoms with E-state index in [0.29, 0.717) is 12.3 Å². The molecule has 1 fully saturated rings. The monoisotopic (exact) mass is 251 g/mol. The van der Waals surface area contributed by atoms with E-state index in [1.807, 2.05) is 0 Å². The fourth-order valence-corrected chi connectivity index (χ4v) is 2.87. The summed E-state index contributed by atoms with van der Waals surface area (Å²) in [6, 6.07) is 2.14. The molecule has 17 heavy (non-hydrogen) atoms. The van der Waals surface area contributed by atoms with Crippen LogP contribution in [0.3, 0.4) is 0 Å². The molecule has 1 aromatic rings. The smallest absolute Gasteiger partial charge is 0.236 e. The number of nitrogens with zero attached hydrogens (tertiary/aromatic N) is 3. The van der Waals surface area contributed by atoms with Crippen LogP contribution in [0.2, 0.25) is 0 Å². The summed E-state index contributed by atoms with van der Waals surface area (Å²) in [6.07, 6.45) is 6.55. The zero-order valence-electron chi connectivity index (χ0n) is 9.89. The SMILES string of the molecule is N#CCCCSCc1nc(C2CCCC2)no1. The number of rotatable bonds is 6. The minimum absolute atomic E-state index is 0.524. The molecule has 0 atom stereocenters. The van der Waals surface area contributed by atoms with Gasteiger partial charge in [-0.25, -0.2) is 0 Å². The van der Waals surface area contributed by atoms with Crippen molar-refractivity contribution in [2.24, 2.45) is 0 Å². The van der Waals surface area contributed by atoms with Crippen molar-refractivity contribution < 1.29 is 4.52 Å². The minimum atomic E-state index is 0.524. The maximum Gasteiger partial charge on any atom is 0.236 e. The lowest BCUT2D eigenvalue weighted by molar-refractivity contribution is 0.381. The number of thioether (sulfide) groups is 1. The fraction of sp³-hybridized carbons (Fsp3) is 0.750. The molecule has 0 bridgehead atoms. The lowest BCUT2D eigenvalue weighted by atomic mass is 10.1. The predicted octanol–water partition coefficient (Wildman–Crippen LogP) is 3.26. The molecule has 92 valence electrons. The van der Waals surface area contributed by atoms with Crippen LogP contribution in [-0.4, -0.2) is 15.9 Å². The largest absolute Gasteiger partial charge is 0.338 e. The van der Waals surface area contributed by atoms with Gasteiger partial charge >= 0.3 is 0 Å². The Balaban J connectivity index is 1.72. The normalized spacial score (nSPS) is 16.2. The zero-order chi connectivity index (χ0) is 11.9. The van der Waals surface area contributed by atoms with Crippen molar-refractivity contribution in [3.8, 4) is 6.07 Å². The highest BCUT2D eigenvalue weighted by Gasteiger charge is 2.22. The van der Waals surface area contributed by atoms with E-state index in [9.17, 15) is 0 Å². The van der Waals surface area contributed by atoms with E-state index in [1.54, 1.807) is 11.8 Å². The number of hydrogen-bond acceptors (Lipinski definition) is 5. The summed E-state index contributed by atoms with van der Waals surface area (Å²) in [4.78, 5) is 4.45. The van der Waals surface area contributed by atoms with Crippen molar-refractivity contribution in [3.05, 3.63) is 11.7 Å². The molecule has 0 spiro atoms. The summed E-state index contributed by atoms with van der Waals surface area (Å²) in [5, 5.41) is 12.5. The highest BCUT2D eigenvalue weighted by molar-refractivity contribution is 7.98. The Morgan fingerprint density at radius 3 is 3.00 bits per heavy atom. The molecule has 2 rings (SSSR count). The molecule has 1 aromatic heterocycles. The van der Waals surface area contributed by atoms with Gasteiger partial charge in [-0.1, -0.05) is 18.0 Å². The van der Waals surface area contributed by atoms with Gasteiger partial charge in [0.25, 0.3) is 0 Å². The van der Waals surface area contributed by atoms with Crippen molar-refractivity contribution in [1.82, 2.24) is 10.1 Å². The van der Waals surface area contributed by atoms with Crippen LogP contribution in [0, 0.1) is 11.3 Å². The fourth-order valence-electron chi connectivity index (χ4n) is 2.09. The van der Waals surface area contributed by atoms with E-state index in [1.165, 1.54) is 25.7 Å². The molecule has 5 heteroatoms. The van der Waals surface area contributed by atoms with Gasteiger partial charge in [0.15, 0.2) is 5.82 Å². The van der Waals surface area contributed by atoms with E-state index in [-0.39, 0.29) is 0 Å². The first kappa shape index (κ1) is 12.4. The van der Waals surface area contributed by atoms with Gasteiger partial charge < -0.3 is 4.52 Å². The number of nitriles is 1. The average Bonchev–Trinajstić information content (AvgIpc) is 2.99. The van der Waals surface area contributed by atoms with Crippen LogP contribution in [0.25, 0.3) is 0 Å². The van der Waals surface area contributed by atoms with Crippen LogP contribution < -0.4 is 0 Å². The van der Waals surface area contributed by atoms with Crippen molar-refractivity contribution >= 4 is 11.8 Å². The highest BCUT2D eigenvalue weighted by Crippen LogP contribution is 2.32. The molecule has 1 saturated carbocycles. The van der Waals surface area contributed by atoms with E-state index >= 15 is 0 Å². The first-order valence-electron chi connectivity index (χ1n) is 6.17. The molecule has 0 N–H and O–H groups in total. The van der Waals surface area contributed by atoms with Crippen molar-refractivity contribution in [3.63, 3.8) is 0 Å². The zero-order valence-corrected chi connectivity index (χ0v) is 10.7. The van der Waals surface area contributed by atoms with E-state index < -0.39 is 0 Å². The van der Waals surface area contributed by atoms with Crippen LogP contribution in [0.15, 0.2) is 4.52 Å². The summed E-state index contributed by atoms with van der Waals surface area (Å²) in [5.74, 6) is 3.90. The lowest BCUT2D eigenvalue weighted by Gasteiger charge is -1.99. The van der Waals surface area contributed by atoms with E-state index in [0.717, 1.165) is 29.6 Å². The third-order valence-corrected chi connectivity index (χ3v) is 4.04. The highest BCUT2D eigenvalue weighted by atomic mass is 32.2. The van der Waals surface area contributed by atoms with Gasteiger partial charge in [-0.05, 0) is 25.0 Å². The Morgan fingerprint density at radius 1 is 1.41 bits per heavy atom. The Kier molecular flexibility index (Phi) is 4.87. The molecule has 0 unspecified atom stereocenters. The van der Waals surface area contributed by atoms with E-state index in [4.69, 9.17) is 9.78 Å². The standard InChI is InChI=1S/C12H17N3OS/c13-7-3-4-8-17-9-11-14-12(15-16-11)10-5-1-2-6-10/h10H,1-6,8-9H2. The molecule has 0 aromatic carbocycles. The maximum atomic E-state index is 8.41. The first-order chi connectivity index (χ1) is 8.40. The van der Waals surface area contributed by atoms with Crippen LogP contribution in [0.4, 0.5) is 0 Å². The molecule has 1 heterocycles. The molecule has 0 saturated heterocycles. The van der Waals surface area contributed by atoms with Gasteiger partial charge in [0.2, 0.25) is 5.89 Å². The third-order valence-electron chi connectivity index (χ3n) is 3.01. The van der Waals surface area contributed by atoms with E-state index in [2.05, 4.69) is 16.2 Å². The molecule has 0 amide bonds. The van der Waals surface area contributed by atoms with Crippen LogP contribution in [0.1, 0.15) is 56.2 Å². The Bertz CT molecular complexity index is 379. The van der Waals surface area contributed by atoms with Crippen LogP contribution >= 0.6 is 11.8 Å². The molecule has 1 aliphatic carbocycles. The van der Waals surface area contributed by atoms with Gasteiger partial charge in [-0.3, -0.25) is 0 Å². The van der Waals surface area contributed by atoms with Crippen molar-refractivity contribution in [1.29, 1.82) is 5.26 Å². The molecule has 0 radical (unpaired) electrons. The molecule has 1 aliphatic rings. The van der Waals surface area contributed by atoms with Gasteiger partial charge in [0.05, 0.1) is 11.8 Å². The molecular weight excluding hydrogens is 234 g/mol. The van der Waals surface area contributed by atoms with Gasteiger partial charge in [0.1, 0.15) is 0 Å². The number of unbranched alkanes of at least 4 members (excludes halogenated alkanes) is 1. The summed E-state index contributed by atoms with van der Waals surface area (Å²) in [6.45, 7) is 0. The Labute approximate surface area is 106 Å². The first-order valence-corrected chi connectivity index (χ1v) is 7.33. The Morgan fingerprint density at radius 2 is 2.24 bits per heavy atom. The van der Waals surface area contributed by atoms with Crippen molar-refractivity contribution in [2.45, 2.75) is 50.2 Å². The number of aromatic nitrogens is 2. The molecular formula is C12H17N3OS. The second kappa shape index (κ2) is 6.65. The maximum absolute atomic E-state index is 8.41. The Hall–Kier alpha value is -1.02. The third kappa shape index (κ3) is 3.74. The minimum Gasteiger partial charge on any atom is -0.338 e. The van der Waals surface area contributed by atoms with Gasteiger partial charge in [-0.2, -0.15) is 22.0 Å². The topological polar surface area (TPSA) is 62.7 Å². The molecule has 4 nitrogen and oxygen atoms in total. The second-order valence-corrected chi connectivity index (χ2v) is 5.45. The average molecular weight is 251 g/mol. The summed E-state index contributed by atoms with van der Waals surface area (Å²) in [5.41, 5.74) is 0. The second-order valence-electron chi connectivity index (χ2n) is 4.34. The van der Waals surface area contributed by atoms with Gasteiger partial charge in [0, 0.05) is 12.3 Å². The van der Waals surface area contributed by atoms with Crippen molar-refractivity contribution in [2.75, 3.05) is 5.75 Å².